The fraction of sp³-hybridized carbons (Fsp3) is 0.0588. The van der Waals surface area contributed by atoms with E-state index in [2.05, 4.69) is 4.98 Å². The number of halogens is 1. The number of hydrogen-bond donors (Lipinski definition) is 1. The first-order chi connectivity index (χ1) is 11.1. The minimum atomic E-state index is -0.918. The maximum absolute atomic E-state index is 10.7. The quantitative estimate of drug-likeness (QED) is 0.670. The molecule has 1 aromatic heterocycles. The molecule has 4 nitrogen and oxygen atoms in total. The number of aromatic nitrogens is 1. The maximum atomic E-state index is 10.7. The monoisotopic (exact) mass is 345 g/mol. The van der Waals surface area contributed by atoms with E-state index in [0.717, 1.165) is 22.9 Å². The highest BCUT2D eigenvalue weighted by atomic mass is 35.5. The first-order valence-electron chi connectivity index (χ1n) is 6.80. The average molecular weight is 346 g/mol. The lowest BCUT2D eigenvalue weighted by Crippen LogP contribution is -1.97. The molecule has 0 saturated heterocycles. The Morgan fingerprint density at radius 1 is 1.13 bits per heavy atom. The van der Waals surface area contributed by atoms with Crippen LogP contribution in [0.5, 0.6) is 0 Å². The normalized spacial score (nSPS) is 10.7. The summed E-state index contributed by atoms with van der Waals surface area (Å²) in [5.41, 5.74) is 2.36. The Morgan fingerprint density at radius 2 is 1.87 bits per heavy atom. The summed E-state index contributed by atoms with van der Waals surface area (Å²) in [5.74, 6) is -0.450. The van der Waals surface area contributed by atoms with E-state index in [1.54, 1.807) is 12.1 Å². The van der Waals surface area contributed by atoms with Crippen LogP contribution in [0.25, 0.3) is 22.6 Å². The van der Waals surface area contributed by atoms with E-state index >= 15 is 0 Å². The summed E-state index contributed by atoms with van der Waals surface area (Å²) in [6, 6.07) is 16.9. The zero-order valence-electron chi connectivity index (χ0n) is 11.9. The summed E-state index contributed by atoms with van der Waals surface area (Å²) in [6.45, 7) is 0. The average Bonchev–Trinajstić information content (AvgIpc) is 2.98. The van der Waals surface area contributed by atoms with Crippen LogP contribution in [0.2, 0.25) is 5.02 Å². The van der Waals surface area contributed by atoms with Crippen LogP contribution in [0, 0.1) is 0 Å². The molecule has 6 heteroatoms. The van der Waals surface area contributed by atoms with E-state index in [9.17, 15) is 4.79 Å². The third kappa shape index (κ3) is 3.75. The third-order valence-corrected chi connectivity index (χ3v) is 4.11. The standard InChI is InChI=1S/C17H12ClNO3S/c18-13-8-4-7-12(9-13)16-15(11-5-2-1-3-6-11)19-17(22-16)23-10-14(20)21/h1-9H,10H2,(H,20,21). The molecular weight excluding hydrogens is 334 g/mol. The van der Waals surface area contributed by atoms with Gasteiger partial charge in [0.15, 0.2) is 5.76 Å². The van der Waals surface area contributed by atoms with Crippen LogP contribution in [0.3, 0.4) is 0 Å². The predicted molar refractivity (Wildman–Crippen MR) is 90.7 cm³/mol. The van der Waals surface area contributed by atoms with Gasteiger partial charge in [0.25, 0.3) is 5.22 Å². The van der Waals surface area contributed by atoms with Crippen molar-refractivity contribution >= 4 is 29.3 Å². The first kappa shape index (κ1) is 15.6. The molecule has 1 N–H and O–H groups in total. The molecule has 0 atom stereocenters. The Morgan fingerprint density at radius 3 is 2.57 bits per heavy atom. The summed E-state index contributed by atoms with van der Waals surface area (Å²) in [7, 11) is 0. The summed E-state index contributed by atoms with van der Waals surface area (Å²) in [4.78, 5) is 15.2. The number of nitrogens with zero attached hydrogens (tertiary/aromatic N) is 1. The Kier molecular flexibility index (Phi) is 4.69. The molecule has 1 heterocycles. The van der Waals surface area contributed by atoms with Crippen molar-refractivity contribution < 1.29 is 14.3 Å². The largest absolute Gasteiger partial charge is 0.481 e. The molecule has 0 fully saturated rings. The lowest BCUT2D eigenvalue weighted by Gasteiger charge is -2.01. The Bertz CT molecular complexity index is 833. The number of carboxylic acids is 1. The van der Waals surface area contributed by atoms with Gasteiger partial charge < -0.3 is 9.52 Å². The zero-order chi connectivity index (χ0) is 16.2. The molecule has 0 aliphatic carbocycles. The SMILES string of the molecule is O=C(O)CSc1nc(-c2ccccc2)c(-c2cccc(Cl)c2)o1. The molecule has 2 aromatic carbocycles. The van der Waals surface area contributed by atoms with E-state index in [4.69, 9.17) is 21.1 Å². The number of aliphatic carboxylic acids is 1. The molecule has 0 radical (unpaired) electrons. The van der Waals surface area contributed by atoms with Gasteiger partial charge in [0.1, 0.15) is 11.4 Å². The number of rotatable bonds is 5. The number of thioether (sulfide) groups is 1. The smallest absolute Gasteiger partial charge is 0.314 e. The van der Waals surface area contributed by atoms with Crippen molar-refractivity contribution in [2.24, 2.45) is 0 Å². The van der Waals surface area contributed by atoms with Crippen LogP contribution in [-0.4, -0.2) is 21.8 Å². The summed E-state index contributed by atoms with van der Waals surface area (Å²) in [6.07, 6.45) is 0. The molecular formula is C17H12ClNO3S. The van der Waals surface area contributed by atoms with Gasteiger partial charge >= 0.3 is 5.97 Å². The Labute approximate surface area is 142 Å². The van der Waals surface area contributed by atoms with Gasteiger partial charge in [-0.3, -0.25) is 4.79 Å². The predicted octanol–water partition coefficient (Wildman–Crippen LogP) is 4.84. The van der Waals surface area contributed by atoms with E-state index in [1.165, 1.54) is 0 Å². The number of carboxylic acid groups (broad SMARTS) is 1. The highest BCUT2D eigenvalue weighted by Crippen LogP contribution is 2.36. The lowest BCUT2D eigenvalue weighted by atomic mass is 10.1. The molecule has 3 rings (SSSR count). The molecule has 23 heavy (non-hydrogen) atoms. The van der Waals surface area contributed by atoms with Crippen molar-refractivity contribution in [1.82, 2.24) is 4.98 Å². The van der Waals surface area contributed by atoms with Crippen LogP contribution in [0.1, 0.15) is 0 Å². The second kappa shape index (κ2) is 6.89. The van der Waals surface area contributed by atoms with Gasteiger partial charge in [-0.2, -0.15) is 0 Å². The van der Waals surface area contributed by atoms with Gasteiger partial charge in [-0.05, 0) is 12.1 Å². The molecule has 0 spiro atoms. The van der Waals surface area contributed by atoms with Crippen molar-refractivity contribution in [3.8, 4) is 22.6 Å². The van der Waals surface area contributed by atoms with Crippen molar-refractivity contribution in [2.75, 3.05) is 5.75 Å². The minimum absolute atomic E-state index is 0.107. The minimum Gasteiger partial charge on any atom is -0.481 e. The molecule has 0 saturated carbocycles. The lowest BCUT2D eigenvalue weighted by molar-refractivity contribution is -0.133. The second-order valence-corrected chi connectivity index (χ2v) is 6.08. The van der Waals surface area contributed by atoms with Gasteiger partial charge in [0, 0.05) is 16.1 Å². The van der Waals surface area contributed by atoms with E-state index in [1.807, 2.05) is 42.5 Å². The van der Waals surface area contributed by atoms with Crippen LogP contribution in [-0.2, 0) is 4.79 Å². The Hall–Kier alpha value is -2.24. The van der Waals surface area contributed by atoms with Gasteiger partial charge in [0.05, 0.1) is 0 Å². The third-order valence-electron chi connectivity index (χ3n) is 3.06. The first-order valence-corrected chi connectivity index (χ1v) is 8.16. The second-order valence-electron chi connectivity index (χ2n) is 4.72. The van der Waals surface area contributed by atoms with Gasteiger partial charge in [0.2, 0.25) is 0 Å². The number of hydrogen-bond acceptors (Lipinski definition) is 4. The number of benzene rings is 2. The molecule has 0 unspecified atom stereocenters. The van der Waals surface area contributed by atoms with E-state index in [0.29, 0.717) is 21.7 Å². The summed E-state index contributed by atoms with van der Waals surface area (Å²) < 4.78 is 5.79. The Balaban J connectivity index is 2.07. The highest BCUT2D eigenvalue weighted by molar-refractivity contribution is 7.99. The number of carbonyl (C=O) groups is 1. The number of oxazole rings is 1. The fourth-order valence-electron chi connectivity index (χ4n) is 2.10. The molecule has 3 aromatic rings. The van der Waals surface area contributed by atoms with Crippen molar-refractivity contribution in [1.29, 1.82) is 0 Å². The van der Waals surface area contributed by atoms with Crippen LogP contribution in [0.15, 0.2) is 64.2 Å². The van der Waals surface area contributed by atoms with Crippen LogP contribution in [0.4, 0.5) is 0 Å². The van der Waals surface area contributed by atoms with Gasteiger partial charge in [-0.25, -0.2) is 4.98 Å². The van der Waals surface area contributed by atoms with Crippen molar-refractivity contribution in [2.45, 2.75) is 5.22 Å². The van der Waals surface area contributed by atoms with Crippen LogP contribution >= 0.6 is 23.4 Å². The molecule has 0 aliphatic rings. The van der Waals surface area contributed by atoms with Crippen molar-refractivity contribution in [3.63, 3.8) is 0 Å². The van der Waals surface area contributed by atoms with E-state index < -0.39 is 5.97 Å². The highest BCUT2D eigenvalue weighted by Gasteiger charge is 2.18. The molecule has 0 aliphatic heterocycles. The van der Waals surface area contributed by atoms with Crippen LogP contribution < -0.4 is 0 Å². The van der Waals surface area contributed by atoms with Crippen molar-refractivity contribution in [3.05, 3.63) is 59.6 Å². The molecule has 116 valence electrons. The molecule has 0 bridgehead atoms. The fourth-order valence-corrected chi connectivity index (χ4v) is 2.84. The molecule has 0 amide bonds. The van der Waals surface area contributed by atoms with Gasteiger partial charge in [-0.15, -0.1) is 0 Å². The van der Waals surface area contributed by atoms with Gasteiger partial charge in [-0.1, -0.05) is 65.8 Å². The zero-order valence-corrected chi connectivity index (χ0v) is 13.5. The topological polar surface area (TPSA) is 63.3 Å². The maximum Gasteiger partial charge on any atom is 0.314 e. The summed E-state index contributed by atoms with van der Waals surface area (Å²) in [5, 5.41) is 9.73. The summed E-state index contributed by atoms with van der Waals surface area (Å²) >= 11 is 7.10. The van der Waals surface area contributed by atoms with E-state index in [-0.39, 0.29) is 5.75 Å².